The average molecular weight is 281 g/mol. The number of hydrogen-bond donors (Lipinski definition) is 2. The zero-order valence-electron chi connectivity index (χ0n) is 12.1. The highest BCUT2D eigenvalue weighted by atomic mass is 16.5. The molecule has 112 valence electrons. The molecule has 1 atom stereocenters. The Kier molecular flexibility index (Phi) is 4.83. The second-order valence-electron chi connectivity index (χ2n) is 5.66. The molecule has 0 spiro atoms. The van der Waals surface area contributed by atoms with E-state index in [1.165, 1.54) is 20.0 Å². The average Bonchev–Trinajstić information content (AvgIpc) is 3.13. The standard InChI is InChI=1S/C15H23NO4/c1-11(12-5-6-13(20-12)14(18)19-2)16-9-15(10-17)7-3-4-8-15/h5-6,11,16-17H,3-4,7-10H2,1-2H3. The molecular formula is C15H23NO4. The molecule has 1 saturated carbocycles. The second-order valence-corrected chi connectivity index (χ2v) is 5.66. The summed E-state index contributed by atoms with van der Waals surface area (Å²) in [6.07, 6.45) is 4.50. The number of rotatable bonds is 6. The van der Waals surface area contributed by atoms with Gasteiger partial charge >= 0.3 is 5.97 Å². The van der Waals surface area contributed by atoms with E-state index in [1.54, 1.807) is 12.1 Å². The maximum atomic E-state index is 11.3. The zero-order chi connectivity index (χ0) is 14.6. The molecule has 1 aliphatic rings. The first-order valence-corrected chi connectivity index (χ1v) is 7.12. The Balaban J connectivity index is 1.93. The Morgan fingerprint density at radius 1 is 1.50 bits per heavy atom. The first-order valence-electron chi connectivity index (χ1n) is 7.12. The van der Waals surface area contributed by atoms with Crippen LogP contribution in [0.15, 0.2) is 16.5 Å². The van der Waals surface area contributed by atoms with Crippen molar-refractivity contribution in [2.45, 2.75) is 38.6 Å². The summed E-state index contributed by atoms with van der Waals surface area (Å²) >= 11 is 0. The van der Waals surface area contributed by atoms with Gasteiger partial charge < -0.3 is 19.6 Å². The van der Waals surface area contributed by atoms with Crippen molar-refractivity contribution in [3.63, 3.8) is 0 Å². The molecular weight excluding hydrogens is 258 g/mol. The molecule has 1 heterocycles. The van der Waals surface area contributed by atoms with Gasteiger partial charge in [-0.3, -0.25) is 0 Å². The molecule has 5 heteroatoms. The van der Waals surface area contributed by atoms with Crippen molar-refractivity contribution < 1.29 is 19.1 Å². The highest BCUT2D eigenvalue weighted by Crippen LogP contribution is 2.37. The maximum Gasteiger partial charge on any atom is 0.373 e. The minimum Gasteiger partial charge on any atom is -0.463 e. The van der Waals surface area contributed by atoms with Gasteiger partial charge in [0.1, 0.15) is 5.76 Å². The lowest BCUT2D eigenvalue weighted by molar-refractivity contribution is 0.0561. The first-order chi connectivity index (χ1) is 9.60. The Labute approximate surface area is 119 Å². The summed E-state index contributed by atoms with van der Waals surface area (Å²) in [5, 5.41) is 13.0. The highest BCUT2D eigenvalue weighted by molar-refractivity contribution is 5.86. The second kappa shape index (κ2) is 6.41. The van der Waals surface area contributed by atoms with E-state index in [0.717, 1.165) is 19.4 Å². The van der Waals surface area contributed by atoms with E-state index in [0.29, 0.717) is 5.76 Å². The molecule has 1 aromatic rings. The molecule has 1 aromatic heterocycles. The van der Waals surface area contributed by atoms with Crippen LogP contribution in [-0.2, 0) is 4.74 Å². The van der Waals surface area contributed by atoms with Gasteiger partial charge in [0.2, 0.25) is 5.76 Å². The zero-order valence-corrected chi connectivity index (χ0v) is 12.1. The number of esters is 1. The van der Waals surface area contributed by atoms with E-state index in [4.69, 9.17) is 4.42 Å². The largest absolute Gasteiger partial charge is 0.463 e. The Morgan fingerprint density at radius 2 is 2.20 bits per heavy atom. The van der Waals surface area contributed by atoms with Crippen LogP contribution in [0.25, 0.3) is 0 Å². The monoisotopic (exact) mass is 281 g/mol. The van der Waals surface area contributed by atoms with Crippen molar-refractivity contribution in [3.8, 4) is 0 Å². The lowest BCUT2D eigenvalue weighted by atomic mass is 9.87. The van der Waals surface area contributed by atoms with Crippen LogP contribution in [0.5, 0.6) is 0 Å². The predicted octanol–water partition coefficient (Wildman–Crippen LogP) is 2.27. The fourth-order valence-corrected chi connectivity index (χ4v) is 2.78. The van der Waals surface area contributed by atoms with Gasteiger partial charge in [-0.25, -0.2) is 4.79 Å². The van der Waals surface area contributed by atoms with Gasteiger partial charge in [-0.1, -0.05) is 12.8 Å². The van der Waals surface area contributed by atoms with Crippen LogP contribution in [-0.4, -0.2) is 31.3 Å². The summed E-state index contributed by atoms with van der Waals surface area (Å²) in [7, 11) is 1.33. The van der Waals surface area contributed by atoms with Crippen molar-refractivity contribution in [1.82, 2.24) is 5.32 Å². The molecule has 1 fully saturated rings. The van der Waals surface area contributed by atoms with Crippen LogP contribution in [0.1, 0.15) is 55.0 Å². The number of ether oxygens (including phenoxy) is 1. The number of hydrogen-bond acceptors (Lipinski definition) is 5. The highest BCUT2D eigenvalue weighted by Gasteiger charge is 2.33. The Morgan fingerprint density at radius 3 is 2.80 bits per heavy atom. The van der Waals surface area contributed by atoms with Gasteiger partial charge in [-0.2, -0.15) is 0 Å². The molecule has 1 unspecified atom stereocenters. The summed E-state index contributed by atoms with van der Waals surface area (Å²) in [5.41, 5.74) is 0.00598. The molecule has 0 amide bonds. The summed E-state index contributed by atoms with van der Waals surface area (Å²) < 4.78 is 10.1. The summed E-state index contributed by atoms with van der Waals surface area (Å²) in [4.78, 5) is 11.3. The van der Waals surface area contributed by atoms with E-state index in [-0.39, 0.29) is 23.8 Å². The molecule has 1 aliphatic carbocycles. The van der Waals surface area contributed by atoms with Crippen molar-refractivity contribution in [1.29, 1.82) is 0 Å². The normalized spacial score (nSPS) is 18.9. The molecule has 0 saturated heterocycles. The van der Waals surface area contributed by atoms with Gasteiger partial charge in [-0.05, 0) is 31.9 Å². The lowest BCUT2D eigenvalue weighted by Crippen LogP contribution is -2.36. The van der Waals surface area contributed by atoms with E-state index < -0.39 is 5.97 Å². The topological polar surface area (TPSA) is 71.7 Å². The Bertz CT molecular complexity index is 448. The van der Waals surface area contributed by atoms with Crippen LogP contribution >= 0.6 is 0 Å². The maximum absolute atomic E-state index is 11.3. The van der Waals surface area contributed by atoms with Gasteiger partial charge in [-0.15, -0.1) is 0 Å². The quantitative estimate of drug-likeness (QED) is 0.783. The first kappa shape index (κ1) is 15.1. The predicted molar refractivity (Wildman–Crippen MR) is 74.5 cm³/mol. The van der Waals surface area contributed by atoms with Crippen molar-refractivity contribution in [2.24, 2.45) is 5.41 Å². The molecule has 2 rings (SSSR count). The molecule has 0 aliphatic heterocycles. The minimum absolute atomic E-state index is 0.00238. The van der Waals surface area contributed by atoms with Gasteiger partial charge in [0.25, 0.3) is 0 Å². The van der Waals surface area contributed by atoms with Crippen LogP contribution < -0.4 is 5.32 Å². The summed E-state index contributed by atoms with van der Waals surface area (Å²) in [6, 6.07) is 3.40. The smallest absolute Gasteiger partial charge is 0.373 e. The number of methoxy groups -OCH3 is 1. The third kappa shape index (κ3) is 3.22. The number of carbonyl (C=O) groups excluding carboxylic acids is 1. The number of aliphatic hydroxyl groups is 1. The fraction of sp³-hybridized carbons (Fsp3) is 0.667. The number of nitrogens with one attached hydrogen (secondary N) is 1. The van der Waals surface area contributed by atoms with Crippen LogP contribution in [0, 0.1) is 5.41 Å². The van der Waals surface area contributed by atoms with Gasteiger partial charge in [0.05, 0.1) is 13.2 Å². The van der Waals surface area contributed by atoms with Crippen molar-refractivity contribution in [3.05, 3.63) is 23.7 Å². The third-order valence-electron chi connectivity index (χ3n) is 4.22. The van der Waals surface area contributed by atoms with Gasteiger partial charge in [0, 0.05) is 18.6 Å². The Hall–Kier alpha value is -1.33. The summed E-state index contributed by atoms with van der Waals surface area (Å²) in [5.74, 6) is 0.455. The van der Waals surface area contributed by atoms with E-state index >= 15 is 0 Å². The molecule has 0 bridgehead atoms. The van der Waals surface area contributed by atoms with E-state index in [1.807, 2.05) is 6.92 Å². The molecule has 2 N–H and O–H groups in total. The lowest BCUT2D eigenvalue weighted by Gasteiger charge is -2.28. The SMILES string of the molecule is COC(=O)c1ccc(C(C)NCC2(CO)CCCC2)o1. The number of carbonyl (C=O) groups is 1. The minimum atomic E-state index is -0.467. The fourth-order valence-electron chi connectivity index (χ4n) is 2.78. The molecule has 20 heavy (non-hydrogen) atoms. The van der Waals surface area contributed by atoms with Crippen molar-refractivity contribution in [2.75, 3.05) is 20.3 Å². The van der Waals surface area contributed by atoms with Crippen LogP contribution in [0.2, 0.25) is 0 Å². The number of furan rings is 1. The third-order valence-corrected chi connectivity index (χ3v) is 4.22. The number of aliphatic hydroxyl groups excluding tert-OH is 1. The van der Waals surface area contributed by atoms with Gasteiger partial charge in [0.15, 0.2) is 0 Å². The van der Waals surface area contributed by atoms with E-state index in [9.17, 15) is 9.90 Å². The summed E-state index contributed by atoms with van der Waals surface area (Å²) in [6.45, 7) is 2.97. The van der Waals surface area contributed by atoms with Crippen molar-refractivity contribution >= 4 is 5.97 Å². The molecule has 5 nitrogen and oxygen atoms in total. The van der Waals surface area contributed by atoms with Crippen LogP contribution in [0.3, 0.4) is 0 Å². The molecule has 0 aromatic carbocycles. The van der Waals surface area contributed by atoms with Crippen LogP contribution in [0.4, 0.5) is 0 Å². The van der Waals surface area contributed by atoms with E-state index in [2.05, 4.69) is 10.1 Å². The molecule has 0 radical (unpaired) electrons.